The van der Waals surface area contributed by atoms with E-state index in [0.29, 0.717) is 49.9 Å². The minimum Gasteiger partial charge on any atom is -0.482 e. The largest absolute Gasteiger partial charge is 0.482 e. The summed E-state index contributed by atoms with van der Waals surface area (Å²) in [5.41, 5.74) is 1.34. The van der Waals surface area contributed by atoms with Gasteiger partial charge >= 0.3 is 5.97 Å². The molecule has 0 spiro atoms. The molecule has 1 aliphatic heterocycles. The van der Waals surface area contributed by atoms with Crippen LogP contribution in [0.25, 0.3) is 11.0 Å². The lowest BCUT2D eigenvalue weighted by Gasteiger charge is -2.26. The van der Waals surface area contributed by atoms with Gasteiger partial charge in [0.1, 0.15) is 18.2 Å². The van der Waals surface area contributed by atoms with Crippen LogP contribution in [0.3, 0.4) is 0 Å². The number of esters is 1. The summed E-state index contributed by atoms with van der Waals surface area (Å²) in [4.78, 5) is 16.9. The normalized spacial score (nSPS) is 14.9. The van der Waals surface area contributed by atoms with Crippen molar-refractivity contribution in [1.82, 2.24) is 13.9 Å². The topological polar surface area (TPSA) is 100.0 Å². The van der Waals surface area contributed by atoms with Crippen molar-refractivity contribution >= 4 is 27.0 Å². The molecule has 1 fully saturated rings. The fourth-order valence-corrected chi connectivity index (χ4v) is 5.11. The zero-order valence-electron chi connectivity index (χ0n) is 18.5. The number of nitrogens with zero attached hydrogens (tertiary/aromatic N) is 3. The second-order valence-corrected chi connectivity index (χ2v) is 9.55. The number of aromatic nitrogens is 2. The number of morpholine rings is 1. The van der Waals surface area contributed by atoms with Gasteiger partial charge in [0.25, 0.3) is 0 Å². The minimum atomic E-state index is -3.63. The van der Waals surface area contributed by atoms with E-state index >= 15 is 0 Å². The zero-order valence-corrected chi connectivity index (χ0v) is 19.3. The van der Waals surface area contributed by atoms with E-state index in [4.69, 9.17) is 14.2 Å². The maximum Gasteiger partial charge on any atom is 0.344 e. The van der Waals surface area contributed by atoms with Gasteiger partial charge in [-0.2, -0.15) is 4.31 Å². The van der Waals surface area contributed by atoms with E-state index in [0.717, 1.165) is 11.9 Å². The van der Waals surface area contributed by atoms with Gasteiger partial charge in [-0.1, -0.05) is 25.1 Å². The van der Waals surface area contributed by atoms with Crippen molar-refractivity contribution in [1.29, 1.82) is 0 Å². The molecule has 9 nitrogen and oxygen atoms in total. The van der Waals surface area contributed by atoms with Crippen molar-refractivity contribution in [2.45, 2.75) is 31.4 Å². The van der Waals surface area contributed by atoms with E-state index < -0.39 is 16.0 Å². The number of aryl methyl sites for hydroxylation is 1. The summed E-state index contributed by atoms with van der Waals surface area (Å²) in [6.07, 6.45) is 0.845. The van der Waals surface area contributed by atoms with Gasteiger partial charge in [-0.3, -0.25) is 0 Å². The monoisotopic (exact) mass is 473 g/mol. The molecule has 0 unspecified atom stereocenters. The molecule has 0 saturated carbocycles. The number of hydrogen-bond acceptors (Lipinski definition) is 7. The number of ether oxygens (including phenoxy) is 3. The number of benzene rings is 2. The number of carbonyl (C=O) groups excluding carboxylic acids is 1. The van der Waals surface area contributed by atoms with Gasteiger partial charge in [-0.25, -0.2) is 18.2 Å². The van der Waals surface area contributed by atoms with Crippen LogP contribution in [0.15, 0.2) is 53.4 Å². The highest BCUT2D eigenvalue weighted by Crippen LogP contribution is 2.24. The number of imidazole rings is 1. The Morgan fingerprint density at radius 1 is 1.12 bits per heavy atom. The molecule has 33 heavy (non-hydrogen) atoms. The number of fused-ring (bicyclic) bond motifs is 1. The van der Waals surface area contributed by atoms with Crippen LogP contribution in [0.2, 0.25) is 0 Å². The molecular weight excluding hydrogens is 446 g/mol. The van der Waals surface area contributed by atoms with Crippen molar-refractivity contribution in [3.05, 3.63) is 54.4 Å². The SMILES string of the molecule is CCCn1c(COC(=O)COc2ccccc2)nc2cc(S(=O)(=O)N3CCOCC3)ccc21. The van der Waals surface area contributed by atoms with Gasteiger partial charge in [0, 0.05) is 19.6 Å². The Kier molecular flexibility index (Phi) is 7.26. The van der Waals surface area contributed by atoms with Crippen LogP contribution in [0.4, 0.5) is 0 Å². The molecule has 0 radical (unpaired) electrons. The molecule has 0 atom stereocenters. The highest BCUT2D eigenvalue weighted by molar-refractivity contribution is 7.89. The molecule has 4 rings (SSSR count). The highest BCUT2D eigenvalue weighted by Gasteiger charge is 2.27. The van der Waals surface area contributed by atoms with Gasteiger partial charge < -0.3 is 18.8 Å². The second kappa shape index (κ2) is 10.3. The molecule has 176 valence electrons. The van der Waals surface area contributed by atoms with Crippen molar-refractivity contribution in [3.8, 4) is 5.75 Å². The van der Waals surface area contributed by atoms with Crippen molar-refractivity contribution in [2.75, 3.05) is 32.9 Å². The van der Waals surface area contributed by atoms with Gasteiger partial charge in [-0.05, 0) is 36.8 Å². The third-order valence-electron chi connectivity index (χ3n) is 5.32. The number of rotatable bonds is 9. The Morgan fingerprint density at radius 2 is 1.88 bits per heavy atom. The van der Waals surface area contributed by atoms with E-state index in [2.05, 4.69) is 4.98 Å². The van der Waals surface area contributed by atoms with Gasteiger partial charge in [0.05, 0.1) is 29.1 Å². The maximum absolute atomic E-state index is 13.0. The van der Waals surface area contributed by atoms with E-state index in [1.807, 2.05) is 29.7 Å². The average Bonchev–Trinajstić information content (AvgIpc) is 3.19. The van der Waals surface area contributed by atoms with Crippen LogP contribution in [0.5, 0.6) is 5.75 Å². The summed E-state index contributed by atoms with van der Waals surface area (Å²) in [7, 11) is -3.63. The van der Waals surface area contributed by atoms with Crippen LogP contribution in [-0.4, -0.2) is 61.2 Å². The van der Waals surface area contributed by atoms with Crippen molar-refractivity contribution in [2.24, 2.45) is 0 Å². The minimum absolute atomic E-state index is 0.0305. The van der Waals surface area contributed by atoms with E-state index in [1.165, 1.54) is 4.31 Å². The van der Waals surface area contributed by atoms with E-state index in [9.17, 15) is 13.2 Å². The first-order valence-corrected chi connectivity index (χ1v) is 12.3. The molecule has 1 aliphatic rings. The second-order valence-electron chi connectivity index (χ2n) is 7.61. The summed E-state index contributed by atoms with van der Waals surface area (Å²) in [6, 6.07) is 14.0. The van der Waals surface area contributed by atoms with Crippen LogP contribution >= 0.6 is 0 Å². The third kappa shape index (κ3) is 5.35. The number of hydrogen-bond donors (Lipinski definition) is 0. The van der Waals surface area contributed by atoms with Crippen molar-refractivity contribution < 1.29 is 27.4 Å². The molecule has 1 saturated heterocycles. The predicted molar refractivity (Wildman–Crippen MR) is 121 cm³/mol. The van der Waals surface area contributed by atoms with Crippen LogP contribution in [0.1, 0.15) is 19.2 Å². The molecule has 1 aromatic heterocycles. The van der Waals surface area contributed by atoms with Crippen molar-refractivity contribution in [3.63, 3.8) is 0 Å². The first kappa shape index (κ1) is 23.2. The molecule has 2 aromatic carbocycles. The van der Waals surface area contributed by atoms with E-state index in [1.54, 1.807) is 30.3 Å². The first-order chi connectivity index (χ1) is 16.0. The highest BCUT2D eigenvalue weighted by atomic mass is 32.2. The Morgan fingerprint density at radius 3 is 2.61 bits per heavy atom. The molecule has 3 aromatic rings. The lowest BCUT2D eigenvalue weighted by atomic mass is 10.3. The number of sulfonamides is 1. The number of para-hydroxylation sites is 1. The third-order valence-corrected chi connectivity index (χ3v) is 7.21. The fraction of sp³-hybridized carbons (Fsp3) is 0.391. The lowest BCUT2D eigenvalue weighted by molar-refractivity contribution is -0.147. The molecule has 0 bridgehead atoms. The predicted octanol–water partition coefficient (Wildman–Crippen LogP) is 2.59. The summed E-state index contributed by atoms with van der Waals surface area (Å²) in [5.74, 6) is 0.632. The Labute approximate surface area is 192 Å². The summed E-state index contributed by atoms with van der Waals surface area (Å²) >= 11 is 0. The fourth-order valence-electron chi connectivity index (χ4n) is 3.68. The Bertz CT molecular complexity index is 1200. The van der Waals surface area contributed by atoms with Crippen LogP contribution in [0, 0.1) is 0 Å². The smallest absolute Gasteiger partial charge is 0.344 e. The van der Waals surface area contributed by atoms with Gasteiger partial charge in [0.2, 0.25) is 10.0 Å². The average molecular weight is 474 g/mol. The molecule has 2 heterocycles. The summed E-state index contributed by atoms with van der Waals surface area (Å²) < 4.78 is 45.4. The maximum atomic E-state index is 13.0. The molecule has 0 aliphatic carbocycles. The summed E-state index contributed by atoms with van der Waals surface area (Å²) in [5, 5.41) is 0. The zero-order chi connectivity index (χ0) is 23.3. The van der Waals surface area contributed by atoms with Crippen LogP contribution < -0.4 is 4.74 Å². The molecular formula is C23H27N3O6S. The molecule has 0 N–H and O–H groups in total. The lowest BCUT2D eigenvalue weighted by Crippen LogP contribution is -2.40. The summed E-state index contributed by atoms with van der Waals surface area (Å²) in [6.45, 7) is 3.89. The number of carbonyl (C=O) groups is 1. The Hall–Kier alpha value is -2.95. The van der Waals surface area contributed by atoms with Gasteiger partial charge in [0.15, 0.2) is 6.61 Å². The van der Waals surface area contributed by atoms with Crippen LogP contribution in [-0.2, 0) is 37.4 Å². The van der Waals surface area contributed by atoms with E-state index in [-0.39, 0.29) is 18.1 Å². The quantitative estimate of drug-likeness (QED) is 0.441. The molecule has 0 amide bonds. The standard InChI is InChI=1S/C23H27N3O6S/c1-2-10-26-21-9-8-19(33(28,29)25-11-13-30-14-12-25)15-20(21)24-22(26)16-32-23(27)17-31-18-6-4-3-5-7-18/h3-9,15H,2,10-14,16-17H2,1H3. The van der Waals surface area contributed by atoms with Gasteiger partial charge in [-0.15, -0.1) is 0 Å². The molecule has 10 heteroatoms. The Balaban J connectivity index is 1.50. The first-order valence-electron chi connectivity index (χ1n) is 10.9.